The highest BCUT2D eigenvalue weighted by Crippen LogP contribution is 2.44. The van der Waals surface area contributed by atoms with Gasteiger partial charge in [0, 0.05) is 0 Å². The molecule has 0 aromatic heterocycles. The number of benzene rings is 1. The summed E-state index contributed by atoms with van der Waals surface area (Å²) in [7, 11) is -2.66. The van der Waals surface area contributed by atoms with E-state index < -0.39 is 15.4 Å². The lowest BCUT2D eigenvalue weighted by atomic mass is 9.87. The van der Waals surface area contributed by atoms with Gasteiger partial charge in [0.2, 0.25) is 0 Å². The van der Waals surface area contributed by atoms with Crippen LogP contribution in [0.5, 0.6) is 0 Å². The molecule has 0 N–H and O–H groups in total. The highest BCUT2D eigenvalue weighted by Gasteiger charge is 2.53. The molecule has 1 aliphatic rings. The Bertz CT molecular complexity index is 451. The second kappa shape index (κ2) is 5.43. The standard InChI is InChI=1S/C17H30OSi2/c1-17(2)16(13-12-15-10-8-7-9-11-15)14-19(3,4)20(5,6)18-17/h7-11,16H,12-14H2,1-6H3. The predicted octanol–water partition coefficient (Wildman–Crippen LogP) is 5.04. The average molecular weight is 307 g/mol. The van der Waals surface area contributed by atoms with Crippen LogP contribution in [0, 0.1) is 5.92 Å². The summed E-state index contributed by atoms with van der Waals surface area (Å²) in [6.45, 7) is 14.6. The quantitative estimate of drug-likeness (QED) is 0.711. The van der Waals surface area contributed by atoms with Gasteiger partial charge < -0.3 is 4.43 Å². The van der Waals surface area contributed by atoms with Crippen molar-refractivity contribution in [3.8, 4) is 0 Å². The molecule has 1 aromatic carbocycles. The maximum atomic E-state index is 6.68. The topological polar surface area (TPSA) is 9.23 Å². The molecule has 2 rings (SSSR count). The lowest BCUT2D eigenvalue weighted by molar-refractivity contribution is 0.0349. The molecule has 0 aliphatic carbocycles. The third kappa shape index (κ3) is 3.26. The Morgan fingerprint density at radius 2 is 1.70 bits per heavy atom. The van der Waals surface area contributed by atoms with Gasteiger partial charge in [0.05, 0.1) is 13.2 Å². The first-order chi connectivity index (χ1) is 9.14. The second-order valence-corrected chi connectivity index (χ2v) is 23.1. The Hall–Kier alpha value is -0.386. The lowest BCUT2D eigenvalue weighted by Crippen LogP contribution is -2.67. The molecule has 0 spiro atoms. The molecular weight excluding hydrogens is 276 g/mol. The van der Waals surface area contributed by atoms with E-state index in [4.69, 9.17) is 4.43 Å². The molecule has 0 radical (unpaired) electrons. The van der Waals surface area contributed by atoms with Crippen LogP contribution in [0.4, 0.5) is 0 Å². The molecule has 1 fully saturated rings. The highest BCUT2D eigenvalue weighted by molar-refractivity contribution is 7.38. The van der Waals surface area contributed by atoms with Crippen molar-refractivity contribution >= 4 is 15.4 Å². The zero-order valence-corrected chi connectivity index (χ0v) is 16.0. The molecule has 1 nitrogen and oxygen atoms in total. The van der Waals surface area contributed by atoms with E-state index in [2.05, 4.69) is 70.4 Å². The molecule has 20 heavy (non-hydrogen) atoms. The van der Waals surface area contributed by atoms with Crippen LogP contribution in [0.2, 0.25) is 32.2 Å². The summed E-state index contributed by atoms with van der Waals surface area (Å²) in [4.78, 5) is 0. The van der Waals surface area contributed by atoms with E-state index in [-0.39, 0.29) is 5.60 Å². The van der Waals surface area contributed by atoms with Crippen LogP contribution in [0.1, 0.15) is 25.8 Å². The minimum atomic E-state index is -1.46. The Morgan fingerprint density at radius 3 is 2.30 bits per heavy atom. The third-order valence-corrected chi connectivity index (χ3v) is 22.0. The van der Waals surface area contributed by atoms with Gasteiger partial charge in [-0.1, -0.05) is 49.5 Å². The molecule has 1 aliphatic heterocycles. The first kappa shape index (κ1) is 16.0. The van der Waals surface area contributed by atoms with Crippen LogP contribution in [-0.4, -0.2) is 21.0 Å². The van der Waals surface area contributed by atoms with Gasteiger partial charge in [-0.2, -0.15) is 0 Å². The third-order valence-electron chi connectivity index (χ3n) is 5.51. The fourth-order valence-electron chi connectivity index (χ4n) is 3.42. The van der Waals surface area contributed by atoms with E-state index in [9.17, 15) is 0 Å². The molecule has 1 aromatic rings. The van der Waals surface area contributed by atoms with Crippen LogP contribution in [0.3, 0.4) is 0 Å². The van der Waals surface area contributed by atoms with Crippen LogP contribution >= 0.6 is 0 Å². The SMILES string of the molecule is CC1(C)O[Si](C)(C)[Si](C)(C)CC1CCc1ccccc1. The largest absolute Gasteiger partial charge is 0.415 e. The van der Waals surface area contributed by atoms with E-state index in [1.807, 2.05) is 0 Å². The van der Waals surface area contributed by atoms with Crippen molar-refractivity contribution in [1.82, 2.24) is 0 Å². The summed E-state index contributed by atoms with van der Waals surface area (Å²) < 4.78 is 6.68. The van der Waals surface area contributed by atoms with Crippen molar-refractivity contribution in [1.29, 1.82) is 0 Å². The Balaban J connectivity index is 2.07. The molecule has 112 valence electrons. The fraction of sp³-hybridized carbons (Fsp3) is 0.647. The van der Waals surface area contributed by atoms with Gasteiger partial charge in [0.25, 0.3) is 0 Å². The Morgan fingerprint density at radius 1 is 1.10 bits per heavy atom. The molecule has 0 amide bonds. The average Bonchev–Trinajstić information content (AvgIpc) is 2.32. The van der Waals surface area contributed by atoms with Gasteiger partial charge in [-0.25, -0.2) is 0 Å². The normalized spacial score (nSPS) is 27.2. The van der Waals surface area contributed by atoms with Crippen molar-refractivity contribution in [2.75, 3.05) is 0 Å². The van der Waals surface area contributed by atoms with Gasteiger partial charge in [0.1, 0.15) is 0 Å². The molecule has 1 heterocycles. The predicted molar refractivity (Wildman–Crippen MR) is 93.2 cm³/mol. The first-order valence-electron chi connectivity index (χ1n) is 7.88. The minimum absolute atomic E-state index is 0.0625. The van der Waals surface area contributed by atoms with Crippen molar-refractivity contribution < 1.29 is 4.43 Å². The summed E-state index contributed by atoms with van der Waals surface area (Å²) in [5.41, 5.74) is 1.53. The second-order valence-electron chi connectivity index (χ2n) is 8.03. The number of hydrogen-bond acceptors (Lipinski definition) is 1. The molecular formula is C17H30OSi2. The molecule has 1 saturated heterocycles. The minimum Gasteiger partial charge on any atom is -0.415 e. The van der Waals surface area contributed by atoms with E-state index in [1.54, 1.807) is 0 Å². The first-order valence-corrected chi connectivity index (χ1v) is 15.0. The van der Waals surface area contributed by atoms with Crippen LogP contribution in [0.15, 0.2) is 30.3 Å². The summed E-state index contributed by atoms with van der Waals surface area (Å²) in [5, 5.41) is 0. The van der Waals surface area contributed by atoms with Crippen molar-refractivity contribution in [2.24, 2.45) is 5.92 Å². The van der Waals surface area contributed by atoms with Crippen LogP contribution in [-0.2, 0) is 10.8 Å². The van der Waals surface area contributed by atoms with E-state index in [0.29, 0.717) is 5.92 Å². The summed E-state index contributed by atoms with van der Waals surface area (Å²) in [6, 6.07) is 12.3. The molecule has 3 heteroatoms. The van der Waals surface area contributed by atoms with Gasteiger partial charge in [0.15, 0.2) is 7.83 Å². The Kier molecular flexibility index (Phi) is 4.34. The number of aryl methyl sites for hydroxylation is 1. The van der Waals surface area contributed by atoms with Gasteiger partial charge in [-0.3, -0.25) is 0 Å². The van der Waals surface area contributed by atoms with Gasteiger partial charge >= 0.3 is 0 Å². The highest BCUT2D eigenvalue weighted by atomic mass is 29.3. The Labute approximate surface area is 126 Å². The lowest BCUT2D eigenvalue weighted by Gasteiger charge is -2.54. The smallest absolute Gasteiger partial charge is 0.174 e. The maximum Gasteiger partial charge on any atom is 0.174 e. The fourth-order valence-corrected chi connectivity index (χ4v) is 11.4. The van der Waals surface area contributed by atoms with E-state index in [0.717, 1.165) is 0 Å². The van der Waals surface area contributed by atoms with Crippen LogP contribution < -0.4 is 0 Å². The summed E-state index contributed by atoms with van der Waals surface area (Å²) in [5.74, 6) is 0.713. The van der Waals surface area contributed by atoms with Gasteiger partial charge in [-0.05, 0) is 51.3 Å². The zero-order chi connectivity index (χ0) is 15.0. The number of rotatable bonds is 3. The van der Waals surface area contributed by atoms with E-state index in [1.165, 1.54) is 24.4 Å². The van der Waals surface area contributed by atoms with Crippen molar-refractivity contribution in [3.05, 3.63) is 35.9 Å². The maximum absolute atomic E-state index is 6.68. The zero-order valence-electron chi connectivity index (χ0n) is 14.0. The van der Waals surface area contributed by atoms with E-state index >= 15 is 0 Å². The monoisotopic (exact) mass is 306 g/mol. The molecule has 0 bridgehead atoms. The number of hydrogen-bond donors (Lipinski definition) is 0. The summed E-state index contributed by atoms with van der Waals surface area (Å²) in [6.07, 6.45) is 2.45. The van der Waals surface area contributed by atoms with Gasteiger partial charge in [-0.15, -0.1) is 0 Å². The molecule has 0 saturated carbocycles. The molecule has 1 atom stereocenters. The van der Waals surface area contributed by atoms with Crippen LogP contribution in [0.25, 0.3) is 0 Å². The molecule has 1 unspecified atom stereocenters. The van der Waals surface area contributed by atoms with Crippen molar-refractivity contribution in [3.63, 3.8) is 0 Å². The summed E-state index contributed by atoms with van der Waals surface area (Å²) >= 11 is 0. The van der Waals surface area contributed by atoms with Crippen molar-refractivity contribution in [2.45, 2.75) is 64.5 Å².